The summed E-state index contributed by atoms with van der Waals surface area (Å²) < 4.78 is 90.8. The molecule has 16 heteroatoms. The molecule has 0 atom stereocenters. The average Bonchev–Trinajstić information content (AvgIpc) is 3.83. The van der Waals surface area contributed by atoms with Crippen LogP contribution >= 0.6 is 45.9 Å². The molecule has 2 aliphatic rings. The van der Waals surface area contributed by atoms with Gasteiger partial charge < -0.3 is 0 Å². The normalized spacial score (nSPS) is 15.9. The number of carbonyl (C=O) groups is 2. The number of allylic oxidation sites excluding steroid dienone is 10. The van der Waals surface area contributed by atoms with Gasteiger partial charge in [0, 0.05) is 33.4 Å². The summed E-state index contributed by atoms with van der Waals surface area (Å²) in [4.78, 5) is 28.5. The minimum atomic E-state index is -5.13. The minimum Gasteiger partial charge on any atom is -0.289 e. The first-order valence-electron chi connectivity index (χ1n) is 21.4. The topological polar surface area (TPSA) is 83.6 Å². The molecule has 0 aliphatic heterocycles. The van der Waals surface area contributed by atoms with Crippen LogP contribution in [-0.2, 0) is 21.9 Å². The molecule has 68 heavy (non-hydrogen) atoms. The second-order valence-corrected chi connectivity index (χ2v) is 24.0. The van der Waals surface area contributed by atoms with Crippen LogP contribution in [0.2, 0.25) is 8.67 Å². The molecule has 0 N–H and O–H groups in total. The van der Waals surface area contributed by atoms with E-state index in [1.165, 1.54) is 0 Å². The predicted molar refractivity (Wildman–Crippen MR) is 264 cm³/mol. The van der Waals surface area contributed by atoms with E-state index in [0.29, 0.717) is 64.0 Å². The fourth-order valence-corrected chi connectivity index (χ4v) is 9.58. The lowest BCUT2D eigenvalue weighted by Gasteiger charge is -2.31. The van der Waals surface area contributed by atoms with Gasteiger partial charge in [-0.1, -0.05) is 118 Å². The molecule has 6 rings (SSSR count). The standard InChI is InChI=1S/C52H50Cl2F6N4O2S2/c1-47(2,3)35-21-27(22-36(45(35)65)48(4,5)6)43(39-17-19-41(53)67-39)63-61-29-13-15-31(33(25-29)51(55,56)57)32-16-14-30(26-34(32)52(58,59)60)62-64-44(40-18-20-42(54)68-40)28-23-37(49(7,8)9)46(66)38(24-28)50(10,11)12/h13-26H,1-12H3/b63-61+,64-62+. The first-order valence-corrected chi connectivity index (χ1v) is 23.8. The van der Waals surface area contributed by atoms with Crippen LogP contribution in [0.1, 0.15) is 104 Å². The van der Waals surface area contributed by atoms with Gasteiger partial charge in [-0.15, -0.1) is 32.9 Å². The second kappa shape index (κ2) is 18.7. The van der Waals surface area contributed by atoms with E-state index in [2.05, 4.69) is 20.5 Å². The molecule has 0 fully saturated rings. The first kappa shape index (κ1) is 52.4. The lowest BCUT2D eigenvalue weighted by atomic mass is 9.71. The lowest BCUT2D eigenvalue weighted by molar-refractivity contribution is -0.139. The summed E-state index contributed by atoms with van der Waals surface area (Å²) in [6, 6.07) is 12.1. The molecular weight excluding hydrogens is 962 g/mol. The number of Topliss-reactive ketones (excluding diaryl/α,β-unsaturated/α-hetero) is 2. The Balaban J connectivity index is 1.49. The summed E-state index contributed by atoms with van der Waals surface area (Å²) in [5.41, 5.74) is -3.79. The number of azo groups is 2. The maximum Gasteiger partial charge on any atom is 0.417 e. The van der Waals surface area contributed by atoms with Gasteiger partial charge in [0.2, 0.25) is 0 Å². The highest BCUT2D eigenvalue weighted by Gasteiger charge is 2.40. The van der Waals surface area contributed by atoms with Crippen molar-refractivity contribution in [3.05, 3.63) is 148 Å². The van der Waals surface area contributed by atoms with Crippen molar-refractivity contribution in [2.45, 2.75) is 95.4 Å². The van der Waals surface area contributed by atoms with Gasteiger partial charge in [-0.05, 0) is 106 Å². The molecule has 0 unspecified atom stereocenters. The van der Waals surface area contributed by atoms with Crippen molar-refractivity contribution in [2.24, 2.45) is 42.1 Å². The predicted octanol–water partition coefficient (Wildman–Crippen LogP) is 18.9. The van der Waals surface area contributed by atoms with Crippen LogP contribution in [0, 0.1) is 21.7 Å². The van der Waals surface area contributed by atoms with Gasteiger partial charge in [-0.3, -0.25) is 9.59 Å². The summed E-state index contributed by atoms with van der Waals surface area (Å²) in [6.45, 7) is 22.7. The van der Waals surface area contributed by atoms with Crippen LogP contribution in [-0.4, -0.2) is 11.6 Å². The maximum absolute atomic E-state index is 15.0. The molecule has 2 heterocycles. The Hall–Kier alpha value is -5.02. The molecular formula is C52H50Cl2F6N4O2S2. The summed E-state index contributed by atoms with van der Waals surface area (Å²) in [6.07, 6.45) is -3.49. The van der Waals surface area contributed by atoms with E-state index in [-0.39, 0.29) is 34.3 Å². The highest BCUT2D eigenvalue weighted by atomic mass is 35.5. The number of rotatable bonds is 7. The van der Waals surface area contributed by atoms with Gasteiger partial charge in [-0.2, -0.15) is 36.6 Å². The summed E-state index contributed by atoms with van der Waals surface area (Å²) in [7, 11) is 0. The number of halogens is 8. The molecule has 0 radical (unpaired) electrons. The van der Waals surface area contributed by atoms with E-state index in [4.69, 9.17) is 23.2 Å². The third-order valence-corrected chi connectivity index (χ3v) is 13.5. The minimum absolute atomic E-state index is 0.141. The van der Waals surface area contributed by atoms with E-state index in [0.717, 1.165) is 46.9 Å². The molecule has 6 nitrogen and oxygen atoms in total. The SMILES string of the molecule is CC(C)(C)C1=CC(=C(/N=N/c2ccc(-c3ccc(/N=N/C(=C4C=C(C(C)(C)C)C(=O)C(C(C)(C)C)=C4)c4ccc(Cl)s4)cc3C(F)(F)F)c(C(F)(F)F)c2)c2ccc(Cl)s2)C=C(C(C)(C)C)C1=O. The number of carbonyl (C=O) groups excluding carboxylic acids is 2. The number of hydrogen-bond acceptors (Lipinski definition) is 8. The van der Waals surface area contributed by atoms with Crippen molar-refractivity contribution in [3.8, 4) is 11.1 Å². The van der Waals surface area contributed by atoms with E-state index in [1.807, 2.05) is 83.1 Å². The Bertz CT molecular complexity index is 2690. The quantitative estimate of drug-likeness (QED) is 0.136. The molecule has 0 saturated heterocycles. The number of thiophene rings is 2. The van der Waals surface area contributed by atoms with Crippen LogP contribution in [0.4, 0.5) is 37.7 Å². The fourth-order valence-electron chi connectivity index (χ4n) is 7.48. The van der Waals surface area contributed by atoms with Crippen LogP contribution in [0.15, 0.2) is 139 Å². The summed E-state index contributed by atoms with van der Waals surface area (Å²) >= 11 is 14.9. The molecule has 358 valence electrons. The van der Waals surface area contributed by atoms with Gasteiger partial charge in [0.15, 0.2) is 11.6 Å². The molecule has 2 aromatic carbocycles. The number of hydrogen-bond donors (Lipinski definition) is 0. The Morgan fingerprint density at radius 1 is 0.456 bits per heavy atom. The fraction of sp³-hybridized carbons (Fsp3) is 0.346. The van der Waals surface area contributed by atoms with Crippen molar-refractivity contribution in [3.63, 3.8) is 0 Å². The first-order chi connectivity index (χ1) is 31.1. The van der Waals surface area contributed by atoms with Crippen LogP contribution in [0.25, 0.3) is 22.5 Å². The molecule has 0 saturated carbocycles. The smallest absolute Gasteiger partial charge is 0.289 e. The Labute approximate surface area is 410 Å². The van der Waals surface area contributed by atoms with E-state index in [1.54, 1.807) is 48.6 Å². The zero-order valence-corrected chi connectivity index (χ0v) is 42.7. The third-order valence-electron chi connectivity index (χ3n) is 11.0. The van der Waals surface area contributed by atoms with Crippen molar-refractivity contribution < 1.29 is 35.9 Å². The van der Waals surface area contributed by atoms with Gasteiger partial charge in [0.25, 0.3) is 0 Å². The Kier molecular flexibility index (Phi) is 14.4. The van der Waals surface area contributed by atoms with Crippen molar-refractivity contribution in [1.82, 2.24) is 0 Å². The highest BCUT2D eigenvalue weighted by molar-refractivity contribution is 7.17. The van der Waals surface area contributed by atoms with E-state index < -0.39 is 56.3 Å². The number of alkyl halides is 6. The molecule has 0 spiro atoms. The number of ketones is 2. The third kappa shape index (κ3) is 11.7. The monoisotopic (exact) mass is 1010 g/mol. The summed E-state index contributed by atoms with van der Waals surface area (Å²) in [5, 5.41) is 17.3. The van der Waals surface area contributed by atoms with Crippen LogP contribution in [0.5, 0.6) is 0 Å². The van der Waals surface area contributed by atoms with Crippen molar-refractivity contribution >= 4 is 80.2 Å². The highest BCUT2D eigenvalue weighted by Crippen LogP contribution is 2.48. The van der Waals surface area contributed by atoms with Gasteiger partial charge in [-0.25, -0.2) is 0 Å². The van der Waals surface area contributed by atoms with E-state index in [9.17, 15) is 9.59 Å². The number of nitrogens with zero attached hydrogens (tertiary/aromatic N) is 4. The second-order valence-electron chi connectivity index (χ2n) is 20.6. The zero-order valence-electron chi connectivity index (χ0n) is 39.5. The van der Waals surface area contributed by atoms with Gasteiger partial charge in [0.1, 0.15) is 11.4 Å². The summed E-state index contributed by atoms with van der Waals surface area (Å²) in [5.74, 6) is -0.283. The molecule has 2 aromatic heterocycles. The Morgan fingerprint density at radius 2 is 0.750 bits per heavy atom. The van der Waals surface area contributed by atoms with Gasteiger partial charge >= 0.3 is 12.4 Å². The lowest BCUT2D eigenvalue weighted by Crippen LogP contribution is -2.28. The average molecular weight is 1010 g/mol. The zero-order chi connectivity index (χ0) is 50.7. The van der Waals surface area contributed by atoms with E-state index >= 15 is 26.3 Å². The van der Waals surface area contributed by atoms with Crippen molar-refractivity contribution in [1.29, 1.82) is 0 Å². The molecule has 0 amide bonds. The largest absolute Gasteiger partial charge is 0.417 e. The van der Waals surface area contributed by atoms with Crippen molar-refractivity contribution in [2.75, 3.05) is 0 Å². The molecule has 0 bridgehead atoms. The van der Waals surface area contributed by atoms with Crippen LogP contribution < -0.4 is 0 Å². The van der Waals surface area contributed by atoms with Crippen LogP contribution in [0.3, 0.4) is 0 Å². The van der Waals surface area contributed by atoms with Gasteiger partial charge in [0.05, 0.1) is 40.9 Å². The molecule has 2 aliphatic carbocycles. The maximum atomic E-state index is 15.0. The Morgan fingerprint density at radius 3 is 0.985 bits per heavy atom. The number of benzene rings is 2. The molecule has 4 aromatic rings.